The number of hydrogen-bond acceptors (Lipinski definition) is 5. The van der Waals surface area contributed by atoms with Gasteiger partial charge in [0.15, 0.2) is 0 Å². The Morgan fingerprint density at radius 3 is 2.96 bits per heavy atom. The zero-order valence-corrected chi connectivity index (χ0v) is 16.5. The van der Waals surface area contributed by atoms with Gasteiger partial charge >= 0.3 is 0 Å². The fourth-order valence-electron chi connectivity index (χ4n) is 3.55. The highest BCUT2D eigenvalue weighted by atomic mass is 16.5. The number of likely N-dealkylation sites (tertiary alicyclic amines) is 1. The summed E-state index contributed by atoms with van der Waals surface area (Å²) < 4.78 is 11.4. The van der Waals surface area contributed by atoms with E-state index in [1.807, 2.05) is 36.4 Å². The normalized spacial score (nSPS) is 17.6. The SMILES string of the molecule is COc1ccc(OCc2ccccn2)c(CNCCN2CCCC(C)C2)c1. The maximum absolute atomic E-state index is 6.02. The van der Waals surface area contributed by atoms with E-state index in [0.717, 1.165) is 48.3 Å². The molecule has 0 amide bonds. The second kappa shape index (κ2) is 10.3. The van der Waals surface area contributed by atoms with Crippen LogP contribution in [0.5, 0.6) is 11.5 Å². The number of benzene rings is 1. The average Bonchev–Trinajstić information content (AvgIpc) is 2.71. The predicted molar refractivity (Wildman–Crippen MR) is 108 cm³/mol. The van der Waals surface area contributed by atoms with Gasteiger partial charge in [0.25, 0.3) is 0 Å². The van der Waals surface area contributed by atoms with Crippen LogP contribution in [0.4, 0.5) is 0 Å². The first-order valence-electron chi connectivity index (χ1n) is 9.87. The van der Waals surface area contributed by atoms with Crippen LogP contribution in [0.15, 0.2) is 42.6 Å². The molecule has 2 aromatic rings. The summed E-state index contributed by atoms with van der Waals surface area (Å²) in [6.45, 7) is 8.09. The molecule has 1 aliphatic rings. The molecule has 1 fully saturated rings. The third-order valence-corrected chi connectivity index (χ3v) is 5.03. The minimum atomic E-state index is 0.464. The van der Waals surface area contributed by atoms with Gasteiger partial charge in [-0.2, -0.15) is 0 Å². The zero-order valence-electron chi connectivity index (χ0n) is 16.5. The number of nitrogens with zero attached hydrogens (tertiary/aromatic N) is 2. The minimum Gasteiger partial charge on any atom is -0.497 e. The first kappa shape index (κ1) is 19.6. The summed E-state index contributed by atoms with van der Waals surface area (Å²) >= 11 is 0. The minimum absolute atomic E-state index is 0.464. The van der Waals surface area contributed by atoms with Crippen LogP contribution in [0.1, 0.15) is 31.0 Å². The van der Waals surface area contributed by atoms with E-state index in [-0.39, 0.29) is 0 Å². The van der Waals surface area contributed by atoms with Gasteiger partial charge in [-0.15, -0.1) is 0 Å². The number of pyridine rings is 1. The Balaban J connectivity index is 1.52. The number of ether oxygens (including phenoxy) is 2. The van der Waals surface area contributed by atoms with E-state index >= 15 is 0 Å². The van der Waals surface area contributed by atoms with Crippen molar-refractivity contribution < 1.29 is 9.47 Å². The predicted octanol–water partition coefficient (Wildman–Crippen LogP) is 3.49. The summed E-state index contributed by atoms with van der Waals surface area (Å²) in [5, 5.41) is 3.56. The van der Waals surface area contributed by atoms with E-state index < -0.39 is 0 Å². The third kappa shape index (κ3) is 6.22. The molecule has 27 heavy (non-hydrogen) atoms. The summed E-state index contributed by atoms with van der Waals surface area (Å²) in [6, 6.07) is 11.8. The standard InChI is InChI=1S/C22H31N3O2/c1-18-6-5-12-25(16-18)13-11-23-15-19-14-21(26-2)8-9-22(19)27-17-20-7-3-4-10-24-20/h3-4,7-10,14,18,23H,5-6,11-13,15-17H2,1-2H3. The van der Waals surface area contributed by atoms with Gasteiger partial charge in [0.2, 0.25) is 0 Å². The van der Waals surface area contributed by atoms with Gasteiger partial charge in [-0.05, 0) is 55.6 Å². The Bertz CT molecular complexity index is 693. The number of methoxy groups -OCH3 is 1. The Labute approximate surface area is 162 Å². The molecule has 2 heterocycles. The Hall–Kier alpha value is -2.11. The van der Waals surface area contributed by atoms with Crippen molar-refractivity contribution in [2.24, 2.45) is 5.92 Å². The molecule has 1 aliphatic heterocycles. The zero-order chi connectivity index (χ0) is 18.9. The lowest BCUT2D eigenvalue weighted by Crippen LogP contribution is -2.38. The van der Waals surface area contributed by atoms with Crippen molar-refractivity contribution in [2.75, 3.05) is 33.3 Å². The maximum atomic E-state index is 6.02. The van der Waals surface area contributed by atoms with Gasteiger partial charge in [-0.3, -0.25) is 4.98 Å². The maximum Gasteiger partial charge on any atom is 0.130 e. The molecule has 5 nitrogen and oxygen atoms in total. The molecule has 0 bridgehead atoms. The van der Waals surface area contributed by atoms with Gasteiger partial charge in [0.05, 0.1) is 12.8 Å². The number of nitrogens with one attached hydrogen (secondary N) is 1. The highest BCUT2D eigenvalue weighted by molar-refractivity contribution is 5.40. The van der Waals surface area contributed by atoms with Crippen LogP contribution in [-0.2, 0) is 13.2 Å². The van der Waals surface area contributed by atoms with Gasteiger partial charge < -0.3 is 19.7 Å². The van der Waals surface area contributed by atoms with E-state index in [0.29, 0.717) is 6.61 Å². The number of hydrogen-bond donors (Lipinski definition) is 1. The third-order valence-electron chi connectivity index (χ3n) is 5.03. The summed E-state index contributed by atoms with van der Waals surface area (Å²) in [7, 11) is 1.69. The molecular weight excluding hydrogens is 338 g/mol. The molecule has 0 aliphatic carbocycles. The lowest BCUT2D eigenvalue weighted by molar-refractivity contribution is 0.184. The quantitative estimate of drug-likeness (QED) is 0.686. The Morgan fingerprint density at radius 1 is 1.26 bits per heavy atom. The first-order chi connectivity index (χ1) is 13.2. The van der Waals surface area contributed by atoms with Crippen LogP contribution in [0.25, 0.3) is 0 Å². The highest BCUT2D eigenvalue weighted by Gasteiger charge is 2.15. The molecule has 146 valence electrons. The Morgan fingerprint density at radius 2 is 2.19 bits per heavy atom. The van der Waals surface area contributed by atoms with Crippen molar-refractivity contribution >= 4 is 0 Å². The van der Waals surface area contributed by atoms with Crippen molar-refractivity contribution in [3.8, 4) is 11.5 Å². The molecular formula is C22H31N3O2. The second-order valence-corrected chi connectivity index (χ2v) is 7.31. The molecule has 0 radical (unpaired) electrons. The van der Waals surface area contributed by atoms with Crippen molar-refractivity contribution in [3.05, 3.63) is 53.9 Å². The molecule has 1 unspecified atom stereocenters. The summed E-state index contributed by atoms with van der Waals surface area (Å²) in [6.07, 6.45) is 4.48. The number of piperidine rings is 1. The van der Waals surface area contributed by atoms with Gasteiger partial charge in [-0.25, -0.2) is 0 Å². The van der Waals surface area contributed by atoms with Crippen LogP contribution in [0.2, 0.25) is 0 Å². The van der Waals surface area contributed by atoms with Gasteiger partial charge in [0, 0.05) is 37.9 Å². The fourth-order valence-corrected chi connectivity index (χ4v) is 3.55. The molecule has 0 spiro atoms. The lowest BCUT2D eigenvalue weighted by atomic mass is 10.0. The van der Waals surface area contributed by atoms with Crippen LogP contribution in [-0.4, -0.2) is 43.2 Å². The van der Waals surface area contributed by atoms with Crippen molar-refractivity contribution in [3.63, 3.8) is 0 Å². The van der Waals surface area contributed by atoms with E-state index in [4.69, 9.17) is 9.47 Å². The average molecular weight is 370 g/mol. The second-order valence-electron chi connectivity index (χ2n) is 7.31. The fraction of sp³-hybridized carbons (Fsp3) is 0.500. The molecule has 1 aromatic carbocycles. The molecule has 1 N–H and O–H groups in total. The van der Waals surface area contributed by atoms with Crippen molar-refractivity contribution in [2.45, 2.75) is 32.9 Å². The van der Waals surface area contributed by atoms with E-state index in [2.05, 4.69) is 22.1 Å². The molecule has 0 saturated carbocycles. The van der Waals surface area contributed by atoms with Crippen LogP contribution >= 0.6 is 0 Å². The lowest BCUT2D eigenvalue weighted by Gasteiger charge is -2.30. The summed E-state index contributed by atoms with van der Waals surface area (Å²) in [5.41, 5.74) is 2.03. The van der Waals surface area contributed by atoms with E-state index in [1.54, 1.807) is 13.3 Å². The summed E-state index contributed by atoms with van der Waals surface area (Å²) in [4.78, 5) is 6.88. The van der Waals surface area contributed by atoms with Crippen LogP contribution in [0.3, 0.4) is 0 Å². The highest BCUT2D eigenvalue weighted by Crippen LogP contribution is 2.25. The van der Waals surface area contributed by atoms with Crippen molar-refractivity contribution in [1.29, 1.82) is 0 Å². The van der Waals surface area contributed by atoms with Crippen LogP contribution < -0.4 is 14.8 Å². The molecule has 5 heteroatoms. The van der Waals surface area contributed by atoms with Crippen molar-refractivity contribution in [1.82, 2.24) is 15.2 Å². The first-order valence-corrected chi connectivity index (χ1v) is 9.87. The number of rotatable bonds is 9. The topological polar surface area (TPSA) is 46.6 Å². The van der Waals surface area contributed by atoms with Gasteiger partial charge in [0.1, 0.15) is 18.1 Å². The monoisotopic (exact) mass is 369 g/mol. The molecule has 1 saturated heterocycles. The van der Waals surface area contributed by atoms with Gasteiger partial charge in [-0.1, -0.05) is 13.0 Å². The van der Waals surface area contributed by atoms with Crippen LogP contribution in [0, 0.1) is 5.92 Å². The largest absolute Gasteiger partial charge is 0.497 e. The molecule has 1 atom stereocenters. The van der Waals surface area contributed by atoms with E-state index in [1.165, 1.54) is 25.9 Å². The smallest absolute Gasteiger partial charge is 0.130 e. The molecule has 3 rings (SSSR count). The van der Waals surface area contributed by atoms with E-state index in [9.17, 15) is 0 Å². The molecule has 1 aromatic heterocycles. The summed E-state index contributed by atoms with van der Waals surface area (Å²) in [5.74, 6) is 2.55. The number of aromatic nitrogens is 1. The Kier molecular flexibility index (Phi) is 7.48.